The van der Waals surface area contributed by atoms with E-state index >= 15 is 0 Å². The molecule has 0 radical (unpaired) electrons. The van der Waals surface area contributed by atoms with Gasteiger partial charge in [0.05, 0.1) is 45.5 Å². The lowest BCUT2D eigenvalue weighted by molar-refractivity contribution is -0.129. The highest BCUT2D eigenvalue weighted by Crippen LogP contribution is 2.48. The smallest absolute Gasteiger partial charge is 0.207 e. The van der Waals surface area contributed by atoms with E-state index in [1.165, 1.54) is 0 Å². The van der Waals surface area contributed by atoms with Crippen molar-refractivity contribution in [2.75, 3.05) is 5.01 Å². The number of rotatable bonds is 2. The standard InChI is InChI=1S/C25H20N6OS/c1-25(2)11-19-21(23(32)14(25)12-26)22(18-13-27-15-7-3-4-8-16(15)28-18)30-31(19)24-29-17-9-5-6-10-20(17)33-24/h3-10,13-14,19,21H,11H2,1-2H3. The first-order valence-corrected chi connectivity index (χ1v) is 11.7. The first-order valence-electron chi connectivity index (χ1n) is 10.8. The van der Waals surface area contributed by atoms with Crippen LogP contribution in [0.2, 0.25) is 0 Å². The quantitative estimate of drug-likeness (QED) is 0.442. The summed E-state index contributed by atoms with van der Waals surface area (Å²) in [7, 11) is 0. The zero-order chi connectivity index (χ0) is 22.7. The zero-order valence-corrected chi connectivity index (χ0v) is 19.0. The molecule has 2 aromatic carbocycles. The molecule has 4 aromatic rings. The molecule has 2 aliphatic rings. The Kier molecular flexibility index (Phi) is 4.32. The molecule has 0 bridgehead atoms. The van der Waals surface area contributed by atoms with Gasteiger partial charge < -0.3 is 0 Å². The Morgan fingerprint density at radius 3 is 2.55 bits per heavy atom. The molecule has 0 N–H and O–H groups in total. The molecule has 3 unspecified atom stereocenters. The normalized spacial score (nSPS) is 24.0. The monoisotopic (exact) mass is 452 g/mol. The van der Waals surface area contributed by atoms with Crippen LogP contribution >= 0.6 is 11.3 Å². The predicted molar refractivity (Wildman–Crippen MR) is 128 cm³/mol. The first kappa shape index (κ1) is 19.9. The second-order valence-corrected chi connectivity index (χ2v) is 10.2. The van der Waals surface area contributed by atoms with Gasteiger partial charge in [-0.1, -0.05) is 49.4 Å². The Bertz CT molecular complexity index is 1470. The van der Waals surface area contributed by atoms with Crippen LogP contribution in [0.4, 0.5) is 5.13 Å². The molecule has 8 heteroatoms. The number of nitrogens with zero attached hydrogens (tertiary/aromatic N) is 6. The van der Waals surface area contributed by atoms with Crippen LogP contribution in [-0.4, -0.2) is 32.5 Å². The maximum absolute atomic E-state index is 13.7. The van der Waals surface area contributed by atoms with Crippen LogP contribution in [0, 0.1) is 28.6 Å². The third kappa shape index (κ3) is 3.04. The van der Waals surface area contributed by atoms with Gasteiger partial charge in [0.2, 0.25) is 5.13 Å². The Hall–Kier alpha value is -3.70. The molecular weight excluding hydrogens is 432 g/mol. The van der Waals surface area contributed by atoms with Crippen LogP contribution in [0.1, 0.15) is 26.0 Å². The molecule has 1 saturated carbocycles. The molecule has 6 rings (SSSR count). The molecule has 0 spiro atoms. The van der Waals surface area contributed by atoms with E-state index in [1.807, 2.05) is 67.4 Å². The van der Waals surface area contributed by atoms with Gasteiger partial charge in [0.1, 0.15) is 17.3 Å². The van der Waals surface area contributed by atoms with E-state index < -0.39 is 17.3 Å². The van der Waals surface area contributed by atoms with Gasteiger partial charge in [-0.3, -0.25) is 9.78 Å². The Morgan fingerprint density at radius 2 is 1.79 bits per heavy atom. The molecule has 3 heterocycles. The van der Waals surface area contributed by atoms with Crippen molar-refractivity contribution >= 4 is 49.2 Å². The van der Waals surface area contributed by atoms with Crippen LogP contribution in [0.5, 0.6) is 0 Å². The van der Waals surface area contributed by atoms with Gasteiger partial charge in [-0.15, -0.1) is 0 Å². The minimum Gasteiger partial charge on any atom is -0.297 e. The number of hydrazone groups is 1. The molecule has 1 aliphatic carbocycles. The third-order valence-electron chi connectivity index (χ3n) is 6.64. The number of thiazole rings is 1. The van der Waals surface area contributed by atoms with E-state index in [0.29, 0.717) is 17.8 Å². The van der Waals surface area contributed by atoms with E-state index in [-0.39, 0.29) is 11.8 Å². The number of anilines is 1. The van der Waals surface area contributed by atoms with Crippen LogP contribution in [0.25, 0.3) is 21.3 Å². The molecule has 162 valence electrons. The minimum atomic E-state index is -0.701. The number of carbonyl (C=O) groups is 1. The second kappa shape index (κ2) is 7.15. The molecule has 7 nitrogen and oxygen atoms in total. The highest BCUT2D eigenvalue weighted by Gasteiger charge is 2.55. The third-order valence-corrected chi connectivity index (χ3v) is 7.66. The zero-order valence-electron chi connectivity index (χ0n) is 18.1. The van der Waals surface area contributed by atoms with Crippen LogP contribution in [0.15, 0.2) is 59.8 Å². The fourth-order valence-electron chi connectivity index (χ4n) is 5.00. The van der Waals surface area contributed by atoms with Gasteiger partial charge >= 0.3 is 0 Å². The summed E-state index contributed by atoms with van der Waals surface area (Å²) < 4.78 is 1.06. The number of aromatic nitrogens is 3. The lowest BCUT2D eigenvalue weighted by Crippen LogP contribution is -2.52. The van der Waals surface area contributed by atoms with Gasteiger partial charge in [0, 0.05) is 0 Å². The van der Waals surface area contributed by atoms with Crippen molar-refractivity contribution in [2.24, 2.45) is 22.4 Å². The SMILES string of the molecule is CC1(C)CC2C(C(=O)C1C#N)C(c1cnc3ccccc3n1)=NN2c1nc2ccccc2s1. The fourth-order valence-corrected chi connectivity index (χ4v) is 5.97. The van der Waals surface area contributed by atoms with Crippen LogP contribution in [-0.2, 0) is 4.79 Å². The number of fused-ring (bicyclic) bond motifs is 3. The molecular formula is C25H20N6OS. The van der Waals surface area contributed by atoms with E-state index in [4.69, 9.17) is 15.1 Å². The van der Waals surface area contributed by atoms with Crippen molar-refractivity contribution < 1.29 is 4.79 Å². The summed E-state index contributed by atoms with van der Waals surface area (Å²) in [6, 6.07) is 17.6. The van der Waals surface area contributed by atoms with Crippen molar-refractivity contribution in [3.8, 4) is 6.07 Å². The Labute approximate surface area is 194 Å². The van der Waals surface area contributed by atoms with E-state index in [1.54, 1.807) is 17.5 Å². The number of Topliss-reactive ketones (excluding diaryl/α,β-unsaturated/α-hetero) is 1. The Balaban J connectivity index is 1.52. The first-order chi connectivity index (χ1) is 16.0. The summed E-state index contributed by atoms with van der Waals surface area (Å²) in [6.45, 7) is 3.97. The average Bonchev–Trinajstić information content (AvgIpc) is 3.40. The number of carbonyl (C=O) groups excluding carboxylic acids is 1. The number of ketones is 1. The van der Waals surface area contributed by atoms with Gasteiger partial charge in [-0.05, 0) is 36.1 Å². The van der Waals surface area contributed by atoms with E-state index in [0.717, 1.165) is 26.4 Å². The number of nitriles is 1. The van der Waals surface area contributed by atoms with Crippen molar-refractivity contribution in [1.29, 1.82) is 5.26 Å². The predicted octanol–water partition coefficient (Wildman–Crippen LogP) is 4.59. The molecule has 1 aliphatic heterocycles. The van der Waals surface area contributed by atoms with Gasteiger partial charge in [-0.25, -0.2) is 15.0 Å². The fraction of sp³-hybridized carbons (Fsp3) is 0.280. The van der Waals surface area contributed by atoms with Crippen molar-refractivity contribution in [3.05, 3.63) is 60.4 Å². The van der Waals surface area contributed by atoms with Crippen LogP contribution in [0.3, 0.4) is 0 Å². The summed E-state index contributed by atoms with van der Waals surface area (Å²) in [5, 5.41) is 17.4. The van der Waals surface area contributed by atoms with Crippen molar-refractivity contribution in [2.45, 2.75) is 26.3 Å². The average molecular weight is 453 g/mol. The molecule has 3 atom stereocenters. The summed E-state index contributed by atoms with van der Waals surface area (Å²) >= 11 is 1.55. The molecule has 2 aromatic heterocycles. The highest BCUT2D eigenvalue weighted by molar-refractivity contribution is 7.22. The number of hydrogen-bond donors (Lipinski definition) is 0. The van der Waals surface area contributed by atoms with Gasteiger partial charge in [0.15, 0.2) is 5.78 Å². The number of para-hydroxylation sites is 3. The molecule has 33 heavy (non-hydrogen) atoms. The summed E-state index contributed by atoms with van der Waals surface area (Å²) in [5.74, 6) is -1.35. The van der Waals surface area contributed by atoms with E-state index in [9.17, 15) is 10.1 Å². The van der Waals surface area contributed by atoms with E-state index in [2.05, 4.69) is 11.1 Å². The second-order valence-electron chi connectivity index (χ2n) is 9.24. The topological polar surface area (TPSA) is 95.1 Å². The summed E-state index contributed by atoms with van der Waals surface area (Å²) in [6.07, 6.45) is 2.32. The summed E-state index contributed by atoms with van der Waals surface area (Å²) in [5.41, 5.74) is 3.09. The van der Waals surface area contributed by atoms with Gasteiger partial charge in [-0.2, -0.15) is 10.4 Å². The van der Waals surface area contributed by atoms with Crippen molar-refractivity contribution in [3.63, 3.8) is 0 Å². The lowest BCUT2D eigenvalue weighted by atomic mass is 9.62. The summed E-state index contributed by atoms with van der Waals surface area (Å²) in [4.78, 5) is 27.8. The van der Waals surface area contributed by atoms with Crippen LogP contribution < -0.4 is 5.01 Å². The number of hydrogen-bond acceptors (Lipinski definition) is 8. The molecule has 1 fully saturated rings. The minimum absolute atomic E-state index is 0.101. The van der Waals surface area contributed by atoms with Crippen molar-refractivity contribution in [1.82, 2.24) is 15.0 Å². The Morgan fingerprint density at radius 1 is 1.06 bits per heavy atom. The lowest BCUT2D eigenvalue weighted by Gasteiger charge is -2.41. The number of benzene rings is 2. The molecule has 0 amide bonds. The molecule has 0 saturated heterocycles. The highest BCUT2D eigenvalue weighted by atomic mass is 32.1. The maximum atomic E-state index is 13.7. The van der Waals surface area contributed by atoms with Gasteiger partial charge in [0.25, 0.3) is 0 Å². The largest absolute Gasteiger partial charge is 0.297 e. The maximum Gasteiger partial charge on any atom is 0.207 e.